The minimum absolute atomic E-state index is 0.0393. The monoisotopic (exact) mass is 346 g/mol. The third-order valence-corrected chi connectivity index (χ3v) is 5.93. The molecule has 8 heteroatoms. The lowest BCUT2D eigenvalue weighted by molar-refractivity contribution is -0.00260. The van der Waals surface area contributed by atoms with E-state index in [1.165, 1.54) is 16.4 Å². The molecule has 1 aromatic heterocycles. The number of ether oxygens (including phenoxy) is 1. The first-order valence-corrected chi connectivity index (χ1v) is 9.13. The first-order valence-electron chi connectivity index (χ1n) is 7.69. The molecule has 0 radical (unpaired) electrons. The molecule has 1 aromatic carbocycles. The Labute approximate surface area is 141 Å². The van der Waals surface area contributed by atoms with Crippen LogP contribution < -0.4 is 0 Å². The molecule has 0 saturated carbocycles. The molecule has 3 rings (SSSR count). The molecule has 2 heterocycles. The van der Waals surface area contributed by atoms with Crippen molar-refractivity contribution in [2.24, 2.45) is 0 Å². The second-order valence-electron chi connectivity index (χ2n) is 5.46. The van der Waals surface area contributed by atoms with Gasteiger partial charge in [-0.25, -0.2) is 8.42 Å². The molecule has 0 N–H and O–H groups in total. The number of benzene rings is 1. The van der Waals surface area contributed by atoms with Crippen molar-refractivity contribution in [3.63, 3.8) is 0 Å². The Morgan fingerprint density at radius 2 is 2.21 bits per heavy atom. The summed E-state index contributed by atoms with van der Waals surface area (Å²) >= 11 is 0. The summed E-state index contributed by atoms with van der Waals surface area (Å²) in [5, 5.41) is 13.4. The van der Waals surface area contributed by atoms with Gasteiger partial charge in [0.15, 0.2) is 0 Å². The molecule has 7 nitrogen and oxygen atoms in total. The van der Waals surface area contributed by atoms with Crippen LogP contribution in [0.5, 0.6) is 0 Å². The molecule has 0 amide bonds. The van der Waals surface area contributed by atoms with Gasteiger partial charge < -0.3 is 4.74 Å². The molecule has 2 aromatic rings. The summed E-state index contributed by atoms with van der Waals surface area (Å²) in [6.45, 7) is 3.49. The molecule has 1 aliphatic rings. The average Bonchev–Trinajstić information content (AvgIpc) is 3.11. The number of morpholine rings is 1. The molecule has 1 unspecified atom stereocenters. The van der Waals surface area contributed by atoms with Gasteiger partial charge in [-0.15, -0.1) is 0 Å². The van der Waals surface area contributed by atoms with Gasteiger partial charge in [-0.3, -0.25) is 4.68 Å². The van der Waals surface area contributed by atoms with E-state index in [2.05, 4.69) is 5.10 Å². The van der Waals surface area contributed by atoms with Crippen molar-refractivity contribution in [3.8, 4) is 6.07 Å². The maximum atomic E-state index is 12.9. The number of aromatic nitrogens is 2. The largest absolute Gasteiger partial charge is 0.371 e. The highest BCUT2D eigenvalue weighted by Crippen LogP contribution is 2.27. The molecule has 1 saturated heterocycles. The van der Waals surface area contributed by atoms with Gasteiger partial charge in [0.25, 0.3) is 0 Å². The SMILES string of the molecule is CCn1cc(C2CN(S(=O)(=O)c3ccccc3C#N)CCO2)cn1. The number of hydrogen-bond donors (Lipinski definition) is 0. The fraction of sp³-hybridized carbons (Fsp3) is 0.375. The van der Waals surface area contributed by atoms with Crippen LogP contribution in [-0.4, -0.2) is 42.2 Å². The Bertz CT molecular complexity index is 869. The van der Waals surface area contributed by atoms with Crippen LogP contribution >= 0.6 is 0 Å². The fourth-order valence-electron chi connectivity index (χ4n) is 2.69. The molecular weight excluding hydrogens is 328 g/mol. The number of sulfonamides is 1. The highest BCUT2D eigenvalue weighted by atomic mass is 32.2. The van der Waals surface area contributed by atoms with E-state index in [-0.39, 0.29) is 29.7 Å². The van der Waals surface area contributed by atoms with Crippen LogP contribution in [0.2, 0.25) is 0 Å². The normalized spacial score (nSPS) is 19.1. The third kappa shape index (κ3) is 3.06. The van der Waals surface area contributed by atoms with Crippen molar-refractivity contribution >= 4 is 10.0 Å². The first kappa shape index (κ1) is 16.6. The maximum Gasteiger partial charge on any atom is 0.244 e. The quantitative estimate of drug-likeness (QED) is 0.838. The standard InChI is InChI=1S/C16H18N4O3S/c1-2-19-11-14(10-18-19)15-12-20(7-8-23-15)24(21,22)16-6-4-3-5-13(16)9-17/h3-6,10-11,15H,2,7-8,12H2,1H3. The minimum atomic E-state index is -3.74. The second kappa shape index (κ2) is 6.73. The predicted octanol–water partition coefficient (Wildman–Crippen LogP) is 1.54. The summed E-state index contributed by atoms with van der Waals surface area (Å²) in [5.41, 5.74) is 1.00. The lowest BCUT2D eigenvalue weighted by Gasteiger charge is -2.31. The van der Waals surface area contributed by atoms with Crippen molar-refractivity contribution < 1.29 is 13.2 Å². The van der Waals surface area contributed by atoms with Gasteiger partial charge in [0, 0.05) is 31.4 Å². The summed E-state index contributed by atoms with van der Waals surface area (Å²) in [6, 6.07) is 8.19. The van der Waals surface area contributed by atoms with Crippen LogP contribution in [0.1, 0.15) is 24.2 Å². The predicted molar refractivity (Wildman–Crippen MR) is 86.5 cm³/mol. The van der Waals surface area contributed by atoms with Crippen molar-refractivity contribution in [3.05, 3.63) is 47.8 Å². The summed E-state index contributed by atoms with van der Waals surface area (Å²) in [6.07, 6.45) is 3.21. The van der Waals surface area contributed by atoms with Gasteiger partial charge >= 0.3 is 0 Å². The van der Waals surface area contributed by atoms with Gasteiger partial charge in [-0.05, 0) is 19.1 Å². The number of rotatable bonds is 4. The smallest absolute Gasteiger partial charge is 0.244 e. The summed E-state index contributed by atoms with van der Waals surface area (Å²) in [5.74, 6) is 0. The molecule has 1 atom stereocenters. The highest BCUT2D eigenvalue weighted by Gasteiger charge is 2.33. The molecular formula is C16H18N4O3S. The van der Waals surface area contributed by atoms with E-state index in [1.807, 2.05) is 19.2 Å². The molecule has 1 fully saturated rings. The van der Waals surface area contributed by atoms with Crippen molar-refractivity contribution in [1.29, 1.82) is 5.26 Å². The average molecular weight is 346 g/mol. The zero-order chi connectivity index (χ0) is 17.2. The Balaban J connectivity index is 1.87. The zero-order valence-corrected chi connectivity index (χ0v) is 14.1. The van der Waals surface area contributed by atoms with E-state index in [0.717, 1.165) is 12.1 Å². The third-order valence-electron chi connectivity index (χ3n) is 4.00. The van der Waals surface area contributed by atoms with Gasteiger partial charge in [-0.1, -0.05) is 12.1 Å². The highest BCUT2D eigenvalue weighted by molar-refractivity contribution is 7.89. The van der Waals surface area contributed by atoms with Crippen molar-refractivity contribution in [2.45, 2.75) is 24.5 Å². The van der Waals surface area contributed by atoms with E-state index < -0.39 is 10.0 Å². The Kier molecular flexibility index (Phi) is 4.66. The first-order chi connectivity index (χ1) is 11.6. The van der Waals surface area contributed by atoms with Crippen LogP contribution in [0.4, 0.5) is 0 Å². The summed E-state index contributed by atoms with van der Waals surface area (Å²) < 4.78 is 34.7. The number of hydrogen-bond acceptors (Lipinski definition) is 5. The Hall–Kier alpha value is -2.21. The molecule has 1 aliphatic heterocycles. The van der Waals surface area contributed by atoms with Gasteiger partial charge in [-0.2, -0.15) is 14.7 Å². The lowest BCUT2D eigenvalue weighted by atomic mass is 10.2. The van der Waals surface area contributed by atoms with E-state index in [4.69, 9.17) is 4.74 Å². The molecule has 126 valence electrons. The van der Waals surface area contributed by atoms with Gasteiger partial charge in [0.05, 0.1) is 29.4 Å². The van der Waals surface area contributed by atoms with E-state index in [1.54, 1.807) is 23.0 Å². The minimum Gasteiger partial charge on any atom is -0.371 e. The lowest BCUT2D eigenvalue weighted by Crippen LogP contribution is -2.42. The summed E-state index contributed by atoms with van der Waals surface area (Å²) in [4.78, 5) is 0.0393. The molecule has 0 aliphatic carbocycles. The fourth-order valence-corrected chi connectivity index (χ4v) is 4.25. The van der Waals surface area contributed by atoms with Crippen LogP contribution in [0.25, 0.3) is 0 Å². The van der Waals surface area contributed by atoms with Crippen LogP contribution in [0.3, 0.4) is 0 Å². The maximum absolute atomic E-state index is 12.9. The van der Waals surface area contributed by atoms with Crippen molar-refractivity contribution in [2.75, 3.05) is 19.7 Å². The van der Waals surface area contributed by atoms with Crippen LogP contribution in [-0.2, 0) is 21.3 Å². The van der Waals surface area contributed by atoms with E-state index in [0.29, 0.717) is 6.61 Å². The van der Waals surface area contributed by atoms with Crippen LogP contribution in [0.15, 0.2) is 41.6 Å². The topological polar surface area (TPSA) is 88.2 Å². The second-order valence-corrected chi connectivity index (χ2v) is 7.37. The zero-order valence-electron chi connectivity index (χ0n) is 13.3. The van der Waals surface area contributed by atoms with Gasteiger partial charge in [0.1, 0.15) is 6.07 Å². The Morgan fingerprint density at radius 3 is 2.92 bits per heavy atom. The number of nitrogens with zero attached hydrogens (tertiary/aromatic N) is 4. The molecule has 0 spiro atoms. The van der Waals surface area contributed by atoms with Crippen molar-refractivity contribution in [1.82, 2.24) is 14.1 Å². The molecule has 0 bridgehead atoms. The molecule has 24 heavy (non-hydrogen) atoms. The summed E-state index contributed by atoms with van der Waals surface area (Å²) in [7, 11) is -3.74. The van der Waals surface area contributed by atoms with Crippen LogP contribution in [0, 0.1) is 11.3 Å². The number of aryl methyl sites for hydroxylation is 1. The van der Waals surface area contributed by atoms with E-state index in [9.17, 15) is 13.7 Å². The van der Waals surface area contributed by atoms with Gasteiger partial charge in [0.2, 0.25) is 10.0 Å². The Morgan fingerprint density at radius 1 is 1.42 bits per heavy atom. The van der Waals surface area contributed by atoms with E-state index >= 15 is 0 Å². The number of nitriles is 1.